The molecule has 1 nitrogen and oxygen atoms in total. The van der Waals surface area contributed by atoms with Gasteiger partial charge >= 0.3 is 0 Å². The van der Waals surface area contributed by atoms with Gasteiger partial charge in [0.2, 0.25) is 0 Å². The normalized spacial score (nSPS) is 12.8. The number of hydrogen-bond donors (Lipinski definition) is 0. The maximum absolute atomic E-state index is 5.44. The van der Waals surface area contributed by atoms with Crippen LogP contribution >= 0.6 is 0 Å². The first-order chi connectivity index (χ1) is 7.93. The fraction of sp³-hybridized carbons (Fsp3) is 0.0667. The van der Waals surface area contributed by atoms with E-state index in [1.54, 1.807) is 6.26 Å². The molecule has 0 atom stereocenters. The highest BCUT2D eigenvalue weighted by Gasteiger charge is 2.20. The maximum Gasteiger partial charge on any atom is 0.134 e. The minimum absolute atomic E-state index is 0.992. The molecule has 16 heavy (non-hydrogen) atoms. The molecular formula is C15H10O. The molecule has 0 saturated heterocycles. The predicted octanol–water partition coefficient (Wildman–Crippen LogP) is 4.00. The van der Waals surface area contributed by atoms with E-state index in [0.29, 0.717) is 0 Å². The van der Waals surface area contributed by atoms with Crippen LogP contribution in [0.5, 0.6) is 0 Å². The van der Waals surface area contributed by atoms with Crippen molar-refractivity contribution in [3.8, 4) is 11.1 Å². The molecule has 4 rings (SSSR count). The maximum atomic E-state index is 5.44. The highest BCUT2D eigenvalue weighted by Crippen LogP contribution is 2.40. The Hall–Kier alpha value is -2.02. The Morgan fingerprint density at radius 1 is 0.875 bits per heavy atom. The number of benzene rings is 2. The minimum Gasteiger partial charge on any atom is -0.464 e. The summed E-state index contributed by atoms with van der Waals surface area (Å²) in [6, 6.07) is 14.9. The first-order valence-electron chi connectivity index (χ1n) is 5.51. The molecule has 0 fully saturated rings. The van der Waals surface area contributed by atoms with Crippen molar-refractivity contribution in [1.82, 2.24) is 0 Å². The zero-order valence-electron chi connectivity index (χ0n) is 8.73. The van der Waals surface area contributed by atoms with Crippen molar-refractivity contribution in [2.24, 2.45) is 0 Å². The van der Waals surface area contributed by atoms with E-state index in [2.05, 4.69) is 42.5 Å². The molecule has 0 unspecified atom stereocenters. The van der Waals surface area contributed by atoms with E-state index in [0.717, 1.165) is 12.0 Å². The average molecular weight is 206 g/mol. The molecule has 1 heteroatoms. The van der Waals surface area contributed by atoms with Gasteiger partial charge in [-0.3, -0.25) is 0 Å². The fourth-order valence-corrected chi connectivity index (χ4v) is 2.67. The zero-order chi connectivity index (χ0) is 10.5. The van der Waals surface area contributed by atoms with Crippen LogP contribution in [-0.4, -0.2) is 0 Å². The van der Waals surface area contributed by atoms with Crippen molar-refractivity contribution < 1.29 is 4.42 Å². The monoisotopic (exact) mass is 206 g/mol. The molecule has 1 aliphatic carbocycles. The van der Waals surface area contributed by atoms with Gasteiger partial charge in [-0.25, -0.2) is 0 Å². The lowest BCUT2D eigenvalue weighted by Gasteiger charge is -2.00. The second-order valence-corrected chi connectivity index (χ2v) is 4.26. The second kappa shape index (κ2) is 2.76. The van der Waals surface area contributed by atoms with E-state index in [4.69, 9.17) is 4.42 Å². The van der Waals surface area contributed by atoms with Crippen molar-refractivity contribution >= 4 is 11.0 Å². The van der Waals surface area contributed by atoms with Crippen LogP contribution in [0, 0.1) is 0 Å². The van der Waals surface area contributed by atoms with Crippen LogP contribution in [0.3, 0.4) is 0 Å². The smallest absolute Gasteiger partial charge is 0.134 e. The third-order valence-corrected chi connectivity index (χ3v) is 3.42. The van der Waals surface area contributed by atoms with Crippen LogP contribution in [0.4, 0.5) is 0 Å². The van der Waals surface area contributed by atoms with Gasteiger partial charge in [0.1, 0.15) is 5.58 Å². The van der Waals surface area contributed by atoms with Crippen molar-refractivity contribution in [1.29, 1.82) is 0 Å². The van der Waals surface area contributed by atoms with Crippen LogP contribution in [0.1, 0.15) is 11.1 Å². The summed E-state index contributed by atoms with van der Waals surface area (Å²) in [6.07, 6.45) is 2.80. The number of rotatable bonds is 0. The first kappa shape index (κ1) is 8.17. The number of fused-ring (bicyclic) bond motifs is 5. The predicted molar refractivity (Wildman–Crippen MR) is 64.5 cm³/mol. The minimum atomic E-state index is 0.992. The fourth-order valence-electron chi connectivity index (χ4n) is 2.67. The van der Waals surface area contributed by atoms with Gasteiger partial charge in [0.25, 0.3) is 0 Å². The third-order valence-electron chi connectivity index (χ3n) is 3.42. The molecule has 0 saturated carbocycles. The Bertz CT molecular complexity index is 691. The zero-order valence-corrected chi connectivity index (χ0v) is 8.73. The van der Waals surface area contributed by atoms with Gasteiger partial charge in [-0.1, -0.05) is 30.3 Å². The summed E-state index contributed by atoms with van der Waals surface area (Å²) in [6.45, 7) is 0. The van der Waals surface area contributed by atoms with Gasteiger partial charge in [-0.15, -0.1) is 0 Å². The lowest BCUT2D eigenvalue weighted by atomic mass is 10.0. The Morgan fingerprint density at radius 2 is 1.81 bits per heavy atom. The highest BCUT2D eigenvalue weighted by atomic mass is 16.3. The van der Waals surface area contributed by atoms with Crippen molar-refractivity contribution in [3.05, 3.63) is 59.9 Å². The van der Waals surface area contributed by atoms with Crippen LogP contribution < -0.4 is 0 Å². The molecule has 0 N–H and O–H groups in total. The van der Waals surface area contributed by atoms with Crippen LogP contribution in [0.2, 0.25) is 0 Å². The van der Waals surface area contributed by atoms with Crippen molar-refractivity contribution in [2.45, 2.75) is 6.42 Å². The second-order valence-electron chi connectivity index (χ2n) is 4.26. The Kier molecular flexibility index (Phi) is 1.41. The van der Waals surface area contributed by atoms with Crippen molar-refractivity contribution in [2.75, 3.05) is 0 Å². The number of hydrogen-bond acceptors (Lipinski definition) is 1. The molecule has 0 amide bonds. The van der Waals surface area contributed by atoms with Crippen molar-refractivity contribution in [3.63, 3.8) is 0 Å². The van der Waals surface area contributed by atoms with Gasteiger partial charge in [0.05, 0.1) is 6.26 Å². The van der Waals surface area contributed by atoms with E-state index >= 15 is 0 Å². The van der Waals surface area contributed by atoms with E-state index < -0.39 is 0 Å². The van der Waals surface area contributed by atoms with E-state index in [9.17, 15) is 0 Å². The first-order valence-corrected chi connectivity index (χ1v) is 5.51. The molecule has 0 aliphatic heterocycles. The summed E-state index contributed by atoms with van der Waals surface area (Å²) in [4.78, 5) is 0. The molecule has 3 aromatic rings. The van der Waals surface area contributed by atoms with Gasteiger partial charge < -0.3 is 4.42 Å². The van der Waals surface area contributed by atoms with Crippen LogP contribution in [-0.2, 0) is 6.42 Å². The molecular weight excluding hydrogens is 196 g/mol. The molecule has 1 aromatic heterocycles. The summed E-state index contributed by atoms with van der Waals surface area (Å²) in [5, 5.41) is 1.26. The van der Waals surface area contributed by atoms with E-state index in [1.807, 2.05) is 0 Å². The highest BCUT2D eigenvalue weighted by molar-refractivity contribution is 5.92. The van der Waals surface area contributed by atoms with E-state index in [1.165, 1.54) is 27.6 Å². The van der Waals surface area contributed by atoms with Gasteiger partial charge in [-0.05, 0) is 40.8 Å². The lowest BCUT2D eigenvalue weighted by Crippen LogP contribution is -1.80. The molecule has 0 bridgehead atoms. The topological polar surface area (TPSA) is 13.1 Å². The van der Waals surface area contributed by atoms with Gasteiger partial charge in [0, 0.05) is 5.39 Å². The molecule has 0 spiro atoms. The average Bonchev–Trinajstić information content (AvgIpc) is 2.92. The summed E-state index contributed by atoms with van der Waals surface area (Å²) in [5.41, 5.74) is 6.57. The summed E-state index contributed by atoms with van der Waals surface area (Å²) < 4.78 is 5.44. The molecule has 0 radical (unpaired) electrons. The van der Waals surface area contributed by atoms with Crippen LogP contribution in [0.15, 0.2) is 53.1 Å². The molecule has 2 aromatic carbocycles. The van der Waals surface area contributed by atoms with Gasteiger partial charge in [-0.2, -0.15) is 0 Å². The summed E-state index contributed by atoms with van der Waals surface area (Å²) >= 11 is 0. The molecule has 1 heterocycles. The standard InChI is InChI=1S/C15H10O/c1-2-4-11-10(3-1)9-14-12(11)5-6-15-13(14)7-8-16-15/h1-8H,9H2. The Labute approximate surface area is 93.3 Å². The molecule has 76 valence electrons. The number of furan rings is 1. The van der Waals surface area contributed by atoms with E-state index in [-0.39, 0.29) is 0 Å². The SMILES string of the molecule is c1ccc2c(c1)Cc1c-2ccc2occc12. The lowest BCUT2D eigenvalue weighted by molar-refractivity contribution is 0.616. The third kappa shape index (κ3) is 0.904. The quantitative estimate of drug-likeness (QED) is 0.423. The summed E-state index contributed by atoms with van der Waals surface area (Å²) in [5.74, 6) is 0. The van der Waals surface area contributed by atoms with Gasteiger partial charge in [0.15, 0.2) is 0 Å². The Morgan fingerprint density at radius 3 is 2.81 bits per heavy atom. The van der Waals surface area contributed by atoms with Crippen LogP contribution in [0.25, 0.3) is 22.1 Å². The Balaban J connectivity index is 2.13. The summed E-state index contributed by atoms with van der Waals surface area (Å²) in [7, 11) is 0. The largest absolute Gasteiger partial charge is 0.464 e. The molecule has 1 aliphatic rings.